The first-order valence-electron chi connectivity index (χ1n) is 50.3. The van der Waals surface area contributed by atoms with Crippen LogP contribution in [0.25, 0.3) is 278 Å². The molecule has 0 saturated heterocycles. The summed E-state index contributed by atoms with van der Waals surface area (Å²) in [4.78, 5) is 0. The fourth-order valence-corrected chi connectivity index (χ4v) is 24.0. The van der Waals surface area contributed by atoms with Gasteiger partial charge in [0.25, 0.3) is 0 Å². The minimum Gasteiger partial charge on any atom is -0.455 e. The van der Waals surface area contributed by atoms with Crippen LogP contribution < -0.4 is 0 Å². The van der Waals surface area contributed by atoms with Crippen LogP contribution in [0.3, 0.4) is 0 Å². The standard InChI is InChI=1S/C50H35NO2.C43H32N2.C42H33N/c1-26(2)28-13-15-30-23-43-37(19-32(30)17-28)39-21-34(22-40-38-20-33-18-29(27(3)4)14-16-31(33)24-44(38)51(43)48(39)40)47-49-41(35-9-5-7-11-45(35)52-49)25-42-36-10-6-8-12-46(36)53-50(42)47;1-24(2)27-7-9-32-21-41-37(17-34(32)14-27)39-19-36(31-12-11-29-13-26(23-44)5-6-30(29)16-31)20-40-38-18-35-15-28(25(3)4)8-10-33(35)22-42(38)45(41)43(39)40;1-24(2)27-10-13-31-22-40-36(18-33(31)15-27)38-20-35(30-12-9-26-7-5-6-8-29(26)17-30)21-39-37-19-34-16-28(25(3)4)11-14-32(34)23-41(37)43(40)42(38)39/h5-27H,1-4H3;5-22,24-25H,1-4H3;5-25H,1-4H3. The molecule has 30 aromatic rings. The first-order valence-corrected chi connectivity index (χ1v) is 50.3. The Morgan fingerprint density at radius 3 is 0.759 bits per heavy atom. The van der Waals surface area contributed by atoms with E-state index in [1.165, 1.54) is 245 Å². The number of aromatic nitrogens is 3. The second-order valence-corrected chi connectivity index (χ2v) is 42.2. The monoisotopic (exact) mass is 1810 g/mol. The van der Waals surface area contributed by atoms with Gasteiger partial charge in [0.05, 0.1) is 66.8 Å². The molecular weight excluding hydrogens is 1710 g/mol. The normalized spacial score (nSPS) is 12.6. The van der Waals surface area contributed by atoms with Crippen LogP contribution in [0, 0.1) is 11.3 Å². The number of hydrogen-bond acceptors (Lipinski definition) is 3. The zero-order chi connectivity index (χ0) is 94.8. The second kappa shape index (κ2) is 30.7. The van der Waals surface area contributed by atoms with Crippen molar-refractivity contribution in [3.63, 3.8) is 0 Å². The van der Waals surface area contributed by atoms with Crippen molar-refractivity contribution in [2.24, 2.45) is 0 Å². The summed E-state index contributed by atoms with van der Waals surface area (Å²) >= 11 is 0. The summed E-state index contributed by atoms with van der Waals surface area (Å²) in [7, 11) is 0. The quantitative estimate of drug-likeness (QED) is 0.145. The van der Waals surface area contributed by atoms with E-state index in [4.69, 9.17) is 8.83 Å². The summed E-state index contributed by atoms with van der Waals surface area (Å²) in [6.07, 6.45) is 0. The van der Waals surface area contributed by atoms with E-state index in [-0.39, 0.29) is 0 Å². The molecule has 141 heavy (non-hydrogen) atoms. The van der Waals surface area contributed by atoms with Gasteiger partial charge in [0.2, 0.25) is 0 Å². The van der Waals surface area contributed by atoms with Crippen molar-refractivity contribution in [1.82, 2.24) is 13.2 Å². The summed E-state index contributed by atoms with van der Waals surface area (Å²) in [6, 6.07) is 135. The van der Waals surface area contributed by atoms with Gasteiger partial charge >= 0.3 is 0 Å². The van der Waals surface area contributed by atoms with Crippen molar-refractivity contribution in [2.45, 2.75) is 119 Å². The molecule has 0 radical (unpaired) electrons. The smallest absolute Gasteiger partial charge is 0.147 e. The molecular formula is C135H100N4O2. The van der Waals surface area contributed by atoms with Gasteiger partial charge < -0.3 is 22.0 Å². The highest BCUT2D eigenvalue weighted by atomic mass is 16.3. The molecule has 6 heteroatoms. The van der Waals surface area contributed by atoms with Crippen molar-refractivity contribution in [1.29, 1.82) is 5.26 Å². The van der Waals surface area contributed by atoms with Gasteiger partial charge in [0.15, 0.2) is 0 Å². The van der Waals surface area contributed by atoms with Crippen LogP contribution in [0.1, 0.15) is 158 Å². The zero-order valence-corrected chi connectivity index (χ0v) is 81.1. The maximum Gasteiger partial charge on any atom is 0.147 e. The van der Waals surface area contributed by atoms with Crippen molar-refractivity contribution in [3.05, 3.63) is 391 Å². The van der Waals surface area contributed by atoms with E-state index < -0.39 is 0 Å². The van der Waals surface area contributed by atoms with Crippen LogP contribution in [-0.2, 0) is 0 Å². The van der Waals surface area contributed by atoms with Crippen LogP contribution >= 0.6 is 0 Å². The number of nitriles is 1. The SMILES string of the molecule is CC(C)c1ccc2cc3c(cc2c1)c1cc(-c2c4oc5ccccc5c4cc4c2oc2ccccc24)cc2c4cc5cc(C(C)C)ccc5cc4n3c12.CC(C)c1ccc2cc3c(cc2c1)c1cc(-c2ccc4cc(C#N)ccc4c2)cc2c4cc5cc(C(C)C)ccc5cc4n3c12.CC(C)c1ccc2cc3c(cc2c1)c1cc(-c2ccc4ccccc4c2)cc2c4cc5cc(C(C)C)ccc5cc4n3c12. The van der Waals surface area contributed by atoms with Gasteiger partial charge in [0.1, 0.15) is 22.3 Å². The number of furan rings is 2. The molecule has 0 amide bonds. The van der Waals surface area contributed by atoms with Gasteiger partial charge in [-0.15, -0.1) is 0 Å². The minimum atomic E-state index is 0.459. The third-order valence-corrected chi connectivity index (χ3v) is 31.7. The van der Waals surface area contributed by atoms with E-state index in [0.29, 0.717) is 41.1 Å². The number of nitrogens with zero attached hydrogens (tertiary/aromatic N) is 4. The van der Waals surface area contributed by atoms with E-state index in [9.17, 15) is 5.26 Å². The van der Waals surface area contributed by atoms with Crippen LogP contribution in [-0.4, -0.2) is 13.2 Å². The number of benzene rings is 22. The topological polar surface area (TPSA) is 63.3 Å². The van der Waals surface area contributed by atoms with Crippen LogP contribution in [0.2, 0.25) is 0 Å². The summed E-state index contributed by atoms with van der Waals surface area (Å²) < 4.78 is 21.2. The predicted octanol–water partition coefficient (Wildman–Crippen LogP) is 39.1. The summed E-state index contributed by atoms with van der Waals surface area (Å²) in [5, 5.41) is 49.5. The average molecular weight is 1810 g/mol. The summed E-state index contributed by atoms with van der Waals surface area (Å²) in [5.41, 5.74) is 30.9. The summed E-state index contributed by atoms with van der Waals surface area (Å²) in [6.45, 7) is 27.2. The Kier molecular flexibility index (Phi) is 18.0. The number of rotatable bonds is 9. The van der Waals surface area contributed by atoms with Gasteiger partial charge in [0, 0.05) is 86.2 Å². The van der Waals surface area contributed by atoms with Gasteiger partial charge in [-0.2, -0.15) is 5.26 Å². The lowest BCUT2D eigenvalue weighted by Gasteiger charge is -2.09. The number of hydrogen-bond donors (Lipinski definition) is 0. The van der Waals surface area contributed by atoms with Crippen molar-refractivity contribution < 1.29 is 8.83 Å². The zero-order valence-electron chi connectivity index (χ0n) is 81.1. The molecule has 0 bridgehead atoms. The third kappa shape index (κ3) is 12.6. The number of para-hydroxylation sites is 2. The molecule has 0 N–H and O–H groups in total. The fourth-order valence-electron chi connectivity index (χ4n) is 24.0. The van der Waals surface area contributed by atoms with Crippen LogP contribution in [0.15, 0.2) is 361 Å². The molecule has 8 aromatic heterocycles. The van der Waals surface area contributed by atoms with Crippen molar-refractivity contribution in [3.8, 4) is 39.4 Å². The third-order valence-electron chi connectivity index (χ3n) is 31.7. The lowest BCUT2D eigenvalue weighted by atomic mass is 9.94. The molecule has 672 valence electrons. The number of fused-ring (bicyclic) bond motifs is 32. The first kappa shape index (κ1) is 82.7. The van der Waals surface area contributed by atoms with E-state index in [2.05, 4.69) is 430 Å². The highest BCUT2D eigenvalue weighted by Crippen LogP contribution is 2.53. The maximum atomic E-state index is 9.40. The molecule has 0 atom stereocenters. The second-order valence-electron chi connectivity index (χ2n) is 42.2. The maximum absolute atomic E-state index is 9.40. The molecule has 0 aliphatic rings. The lowest BCUT2D eigenvalue weighted by molar-refractivity contribution is 0.658. The highest BCUT2D eigenvalue weighted by Gasteiger charge is 2.29. The Balaban J connectivity index is 0.000000104. The molecule has 0 fully saturated rings. The van der Waals surface area contributed by atoms with E-state index in [1.807, 2.05) is 24.3 Å². The molecule has 0 aliphatic heterocycles. The Bertz CT molecular complexity index is 10200. The Labute approximate surface area is 814 Å². The van der Waals surface area contributed by atoms with Gasteiger partial charge in [-0.3, -0.25) is 0 Å². The van der Waals surface area contributed by atoms with Crippen LogP contribution in [0.5, 0.6) is 0 Å². The first-order chi connectivity index (χ1) is 68.7. The van der Waals surface area contributed by atoms with E-state index in [1.54, 1.807) is 0 Å². The Morgan fingerprint density at radius 1 is 0.191 bits per heavy atom. The molecule has 8 heterocycles. The van der Waals surface area contributed by atoms with Crippen LogP contribution in [0.4, 0.5) is 0 Å². The Morgan fingerprint density at radius 2 is 0.447 bits per heavy atom. The average Bonchev–Trinajstić information content (AvgIpc) is 1.54. The van der Waals surface area contributed by atoms with E-state index >= 15 is 0 Å². The van der Waals surface area contributed by atoms with E-state index in [0.717, 1.165) is 65.8 Å². The van der Waals surface area contributed by atoms with Gasteiger partial charge in [-0.1, -0.05) is 283 Å². The Hall–Kier alpha value is -16.6. The van der Waals surface area contributed by atoms with Gasteiger partial charge in [-0.05, 0) is 335 Å². The minimum absolute atomic E-state index is 0.459. The fraction of sp³-hybridized carbons (Fsp3) is 0.133. The largest absolute Gasteiger partial charge is 0.455 e. The van der Waals surface area contributed by atoms with Gasteiger partial charge in [-0.25, -0.2) is 0 Å². The predicted molar refractivity (Wildman–Crippen MR) is 603 cm³/mol. The molecule has 0 saturated carbocycles. The van der Waals surface area contributed by atoms with Crippen molar-refractivity contribution in [2.75, 3.05) is 0 Å². The summed E-state index contributed by atoms with van der Waals surface area (Å²) in [5.74, 6) is 2.89. The molecule has 22 aromatic carbocycles. The van der Waals surface area contributed by atoms with Crippen molar-refractivity contribution >= 4 is 244 Å². The molecule has 0 spiro atoms. The molecule has 0 aliphatic carbocycles. The molecule has 6 nitrogen and oxygen atoms in total. The molecule has 30 rings (SSSR count). The highest BCUT2D eigenvalue weighted by molar-refractivity contribution is 6.32. The lowest BCUT2D eigenvalue weighted by Crippen LogP contribution is -1.88. The molecule has 0 unspecified atom stereocenters.